The van der Waals surface area contributed by atoms with Crippen molar-refractivity contribution >= 4 is 41.4 Å². The van der Waals surface area contributed by atoms with E-state index in [1.807, 2.05) is 0 Å². The van der Waals surface area contributed by atoms with Gasteiger partial charge in [0.1, 0.15) is 18.0 Å². The third-order valence-electron chi connectivity index (χ3n) is 4.40. The molecule has 2 heterocycles. The molecule has 0 radical (unpaired) electrons. The van der Waals surface area contributed by atoms with Gasteiger partial charge in [-0.2, -0.15) is 5.10 Å². The van der Waals surface area contributed by atoms with Crippen molar-refractivity contribution in [3.63, 3.8) is 0 Å². The molecule has 158 valence electrons. The van der Waals surface area contributed by atoms with Crippen LogP contribution in [-0.4, -0.2) is 65.3 Å². The molecule has 11 nitrogen and oxygen atoms in total. The maximum Gasteiger partial charge on any atom is 1.00 e. The topological polar surface area (TPSA) is 166 Å². The van der Waals surface area contributed by atoms with E-state index in [0.717, 1.165) is 4.90 Å². The summed E-state index contributed by atoms with van der Waals surface area (Å²) in [6.07, 6.45) is -1.07. The number of thioether (sulfide) groups is 1. The van der Waals surface area contributed by atoms with Gasteiger partial charge in [0.25, 0.3) is 11.8 Å². The summed E-state index contributed by atoms with van der Waals surface area (Å²) in [6.45, 7) is -0.369. The van der Waals surface area contributed by atoms with Crippen molar-refractivity contribution in [1.82, 2.24) is 15.6 Å². The molecule has 0 saturated carbocycles. The molecule has 2 atom stereocenters. The second-order valence-corrected chi connectivity index (χ2v) is 7.36. The van der Waals surface area contributed by atoms with Gasteiger partial charge in [0, 0.05) is 23.9 Å². The number of β-lactam (4-membered cyclic amide) rings is 1. The summed E-state index contributed by atoms with van der Waals surface area (Å²) in [7, 11) is 1.54. The van der Waals surface area contributed by atoms with E-state index in [2.05, 4.69) is 20.6 Å². The summed E-state index contributed by atoms with van der Waals surface area (Å²) in [6, 6.07) is 7.73. The van der Waals surface area contributed by atoms with Crippen LogP contribution >= 0.6 is 11.8 Å². The molecule has 1 unspecified atom stereocenters. The van der Waals surface area contributed by atoms with Gasteiger partial charge in [0.2, 0.25) is 0 Å². The number of hydrogen-bond acceptors (Lipinski definition) is 9. The van der Waals surface area contributed by atoms with Crippen LogP contribution in [0.3, 0.4) is 0 Å². The molecule has 2 aliphatic heterocycles. The molecule has 0 aliphatic carbocycles. The van der Waals surface area contributed by atoms with Crippen molar-refractivity contribution in [3.05, 3.63) is 47.2 Å². The molecule has 31 heavy (non-hydrogen) atoms. The Morgan fingerprint density at radius 2 is 2.00 bits per heavy atom. The minimum absolute atomic E-state index is 0. The maximum absolute atomic E-state index is 12.7. The number of carboxylic acid groups (broad SMARTS) is 1. The Labute approximate surface area is 203 Å². The second kappa shape index (κ2) is 10.7. The average molecular weight is 455 g/mol. The zero-order valence-corrected chi connectivity index (χ0v) is 19.6. The molecule has 4 N–H and O–H groups in total. The number of carbonyl (C=O) groups is 4. The zero-order valence-electron chi connectivity index (χ0n) is 16.8. The van der Waals surface area contributed by atoms with E-state index in [0.29, 0.717) is 5.56 Å². The van der Waals surface area contributed by atoms with Gasteiger partial charge >= 0.3 is 35.7 Å². The fraction of sp³-hybridized carbons (Fsp3) is 0.278. The average Bonchev–Trinajstić information content (AvgIpc) is 2.73. The van der Waals surface area contributed by atoms with Gasteiger partial charge in [-0.1, -0.05) is 30.3 Å². The van der Waals surface area contributed by atoms with Crippen LogP contribution in [0.2, 0.25) is 0 Å². The quantitative estimate of drug-likeness (QED) is 0.159. The van der Waals surface area contributed by atoms with Gasteiger partial charge in [-0.15, -0.1) is 11.8 Å². The predicted molar refractivity (Wildman–Crippen MR) is 105 cm³/mol. The second-order valence-electron chi connectivity index (χ2n) is 6.26. The van der Waals surface area contributed by atoms with Crippen molar-refractivity contribution in [3.8, 4) is 0 Å². The normalized spacial score (nSPS) is 20.1. The first-order valence-corrected chi connectivity index (χ1v) is 9.81. The van der Waals surface area contributed by atoms with Gasteiger partial charge in [-0.3, -0.25) is 14.5 Å². The first-order valence-electron chi connectivity index (χ1n) is 8.76. The molecular weight excluding hydrogens is 437 g/mol. The molecule has 2 aliphatic rings. The summed E-state index contributed by atoms with van der Waals surface area (Å²) in [4.78, 5) is 48.8. The number of aliphatic carboxylic acids is 1. The molecule has 3 amide bonds. The van der Waals surface area contributed by atoms with Gasteiger partial charge in [-0.25, -0.2) is 4.79 Å². The minimum Gasteiger partial charge on any atom is -0.543 e. The Balaban J connectivity index is 0.00000341. The first-order chi connectivity index (χ1) is 14.3. The standard InChI is InChI=1S/C18H19N5O6S.Na/c1-20-22-11(9-5-3-2-4-6-9)14(24)21-12-15(25)23-13(17(26)27)10(7-29-18(19)28)8-30-16(12)23;/h2-6,12,16,20H,7-8H2,1H3,(H2,19,28)(H,21,24)(H,26,27);/q;+1/p-1/b22-11-;/t12?,16-;/m0./s1. The van der Waals surface area contributed by atoms with E-state index < -0.39 is 35.3 Å². The van der Waals surface area contributed by atoms with E-state index >= 15 is 0 Å². The van der Waals surface area contributed by atoms with Crippen molar-refractivity contribution in [1.29, 1.82) is 0 Å². The number of rotatable bonds is 7. The SMILES string of the molecule is CN/N=C(\C(=O)NC1C(=O)N2C(C(=O)[O-])=C(COC(N)=O)CS[C@@H]12)c1ccccc1.[Na+]. The van der Waals surface area contributed by atoms with Gasteiger partial charge < -0.3 is 31.1 Å². The number of nitrogens with two attached hydrogens (primary N) is 1. The number of carbonyl (C=O) groups excluding carboxylic acids is 4. The summed E-state index contributed by atoms with van der Waals surface area (Å²) in [5.41, 5.74) is 7.91. The molecule has 3 rings (SSSR count). The van der Waals surface area contributed by atoms with Crippen LogP contribution in [0.5, 0.6) is 0 Å². The number of primary amides is 1. The molecule has 1 saturated heterocycles. The van der Waals surface area contributed by atoms with Crippen LogP contribution in [0.1, 0.15) is 5.56 Å². The molecule has 1 aromatic carbocycles. The van der Waals surface area contributed by atoms with E-state index in [1.54, 1.807) is 30.3 Å². The summed E-state index contributed by atoms with van der Waals surface area (Å²) < 4.78 is 4.65. The van der Waals surface area contributed by atoms with Gasteiger partial charge in [0.15, 0.2) is 5.71 Å². The monoisotopic (exact) mass is 455 g/mol. The van der Waals surface area contributed by atoms with Crippen molar-refractivity contribution in [2.45, 2.75) is 11.4 Å². The zero-order chi connectivity index (χ0) is 21.8. The Kier molecular flexibility index (Phi) is 8.51. The first kappa shape index (κ1) is 24.7. The maximum atomic E-state index is 12.7. The third kappa shape index (κ3) is 5.21. The number of amides is 3. The van der Waals surface area contributed by atoms with E-state index in [4.69, 9.17) is 5.73 Å². The predicted octanol–water partition coefficient (Wildman–Crippen LogP) is -4.89. The Morgan fingerprint density at radius 1 is 1.32 bits per heavy atom. The molecule has 0 aromatic heterocycles. The van der Waals surface area contributed by atoms with Crippen LogP contribution in [0.25, 0.3) is 0 Å². The van der Waals surface area contributed by atoms with E-state index in [-0.39, 0.29) is 58.9 Å². The van der Waals surface area contributed by atoms with Crippen molar-refractivity contribution < 1.29 is 58.6 Å². The van der Waals surface area contributed by atoms with Crippen molar-refractivity contribution in [2.24, 2.45) is 10.8 Å². The van der Waals surface area contributed by atoms with Crippen LogP contribution in [-0.2, 0) is 19.1 Å². The summed E-state index contributed by atoms with van der Waals surface area (Å²) in [5.74, 6) is -2.62. The Morgan fingerprint density at radius 3 is 2.58 bits per heavy atom. The number of nitrogens with zero attached hydrogens (tertiary/aromatic N) is 2. The third-order valence-corrected chi connectivity index (χ3v) is 5.74. The molecule has 0 spiro atoms. The van der Waals surface area contributed by atoms with Crippen LogP contribution in [0.15, 0.2) is 46.7 Å². The smallest absolute Gasteiger partial charge is 0.543 e. The fourth-order valence-corrected chi connectivity index (χ4v) is 4.43. The van der Waals surface area contributed by atoms with E-state index in [1.165, 1.54) is 18.8 Å². The number of carboxylic acids is 1. The molecule has 1 aromatic rings. The number of hydrazone groups is 1. The Hall–Kier alpha value is -2.54. The largest absolute Gasteiger partial charge is 1.00 e. The van der Waals surface area contributed by atoms with Crippen LogP contribution in [0, 0.1) is 0 Å². The molecule has 1 fully saturated rings. The molecular formula is C18H18N5NaO6S. The molecule has 0 bridgehead atoms. The molecule has 13 heteroatoms. The number of nitrogens with one attached hydrogen (secondary N) is 2. The van der Waals surface area contributed by atoms with Gasteiger partial charge in [-0.05, 0) is 0 Å². The van der Waals surface area contributed by atoms with Crippen molar-refractivity contribution in [2.75, 3.05) is 19.4 Å². The number of fused-ring (bicyclic) bond motifs is 1. The summed E-state index contributed by atoms with van der Waals surface area (Å²) >= 11 is 1.22. The number of hydrogen-bond donors (Lipinski definition) is 3. The number of ether oxygens (including phenoxy) is 1. The summed E-state index contributed by atoms with van der Waals surface area (Å²) in [5, 5.41) is 17.5. The Bertz CT molecular complexity index is 954. The van der Waals surface area contributed by atoms with E-state index in [9.17, 15) is 24.3 Å². The minimum atomic E-state index is -1.58. The van der Waals surface area contributed by atoms with Crippen LogP contribution in [0.4, 0.5) is 4.79 Å². The van der Waals surface area contributed by atoms with Crippen LogP contribution < -0.4 is 51.1 Å². The fourth-order valence-electron chi connectivity index (χ4n) is 3.10. The number of benzene rings is 1. The van der Waals surface area contributed by atoms with Gasteiger partial charge in [0.05, 0.1) is 11.7 Å².